The van der Waals surface area contributed by atoms with Gasteiger partial charge in [0.1, 0.15) is 0 Å². The van der Waals surface area contributed by atoms with E-state index >= 15 is 0 Å². The molecule has 0 fully saturated rings. The van der Waals surface area contributed by atoms with E-state index in [0.29, 0.717) is 5.69 Å². The summed E-state index contributed by atoms with van der Waals surface area (Å²) in [6.45, 7) is 0. The van der Waals surface area contributed by atoms with E-state index in [2.05, 4.69) is 5.32 Å². The number of amides is 1. The molecule has 0 bridgehead atoms. The second-order valence-corrected chi connectivity index (χ2v) is 3.83. The number of benzene rings is 1. The molecule has 0 heterocycles. The molecule has 0 saturated carbocycles. The van der Waals surface area contributed by atoms with Crippen LogP contribution in [-0.2, 0) is 9.59 Å². The van der Waals surface area contributed by atoms with E-state index in [-0.39, 0.29) is 18.5 Å². The molecule has 0 spiro atoms. The number of nitro groups is 1. The summed E-state index contributed by atoms with van der Waals surface area (Å²) >= 11 is 0. The second-order valence-electron chi connectivity index (χ2n) is 3.83. The Morgan fingerprint density at radius 1 is 1.37 bits per heavy atom. The lowest BCUT2D eigenvalue weighted by Gasteiger charge is -2.10. The van der Waals surface area contributed by atoms with Gasteiger partial charge in [0.2, 0.25) is 5.91 Å². The highest BCUT2D eigenvalue weighted by Gasteiger charge is 2.15. The molecule has 1 aromatic carbocycles. The van der Waals surface area contributed by atoms with Crippen molar-refractivity contribution in [2.24, 2.45) is 5.73 Å². The summed E-state index contributed by atoms with van der Waals surface area (Å²) in [6, 6.07) is 4.31. The van der Waals surface area contributed by atoms with E-state index in [1.807, 2.05) is 0 Å². The molecule has 0 radical (unpaired) electrons. The minimum atomic E-state index is -1.03. The molecule has 19 heavy (non-hydrogen) atoms. The third-order valence-electron chi connectivity index (χ3n) is 2.35. The van der Waals surface area contributed by atoms with Crippen molar-refractivity contribution in [2.75, 3.05) is 5.32 Å². The van der Waals surface area contributed by atoms with Gasteiger partial charge in [-0.25, -0.2) is 0 Å². The number of rotatable bonds is 6. The molecule has 4 N–H and O–H groups in total. The largest absolute Gasteiger partial charge is 0.481 e. The molecule has 1 atom stereocenters. The second kappa shape index (κ2) is 6.45. The number of carbonyl (C=O) groups excluding carboxylic acids is 1. The van der Waals surface area contributed by atoms with Gasteiger partial charge < -0.3 is 16.2 Å². The van der Waals surface area contributed by atoms with Gasteiger partial charge in [0.05, 0.1) is 11.0 Å². The molecule has 0 aliphatic rings. The first-order chi connectivity index (χ1) is 8.90. The van der Waals surface area contributed by atoms with Gasteiger partial charge in [-0.2, -0.15) is 0 Å². The van der Waals surface area contributed by atoms with Crippen molar-refractivity contribution in [2.45, 2.75) is 18.9 Å². The van der Waals surface area contributed by atoms with Crippen molar-refractivity contribution < 1.29 is 19.6 Å². The Bertz CT molecular complexity index is 486. The van der Waals surface area contributed by atoms with Gasteiger partial charge in [-0.1, -0.05) is 0 Å². The number of hydrogen-bond donors (Lipinski definition) is 3. The monoisotopic (exact) mass is 267 g/mol. The van der Waals surface area contributed by atoms with Crippen LogP contribution < -0.4 is 11.1 Å². The first-order valence-electron chi connectivity index (χ1n) is 5.43. The van der Waals surface area contributed by atoms with Crippen LogP contribution in [0.25, 0.3) is 0 Å². The quantitative estimate of drug-likeness (QED) is 0.513. The van der Waals surface area contributed by atoms with Gasteiger partial charge in [-0.3, -0.25) is 19.7 Å². The molecule has 0 aliphatic heterocycles. The lowest BCUT2D eigenvalue weighted by molar-refractivity contribution is -0.384. The van der Waals surface area contributed by atoms with Gasteiger partial charge in [0, 0.05) is 24.2 Å². The number of hydrogen-bond acceptors (Lipinski definition) is 5. The molecular formula is C11H13N3O5. The maximum absolute atomic E-state index is 11.6. The highest BCUT2D eigenvalue weighted by molar-refractivity contribution is 5.94. The molecule has 1 unspecified atom stereocenters. The van der Waals surface area contributed by atoms with Gasteiger partial charge in [0.15, 0.2) is 0 Å². The van der Waals surface area contributed by atoms with Gasteiger partial charge in [-0.15, -0.1) is 0 Å². The van der Waals surface area contributed by atoms with E-state index in [0.717, 1.165) is 0 Å². The van der Waals surface area contributed by atoms with E-state index in [4.69, 9.17) is 10.8 Å². The smallest absolute Gasteiger partial charge is 0.303 e. The molecule has 1 amide bonds. The molecule has 1 rings (SSSR count). The number of nitro benzene ring substituents is 1. The minimum absolute atomic E-state index is 0.0220. The topological polar surface area (TPSA) is 136 Å². The molecule has 0 saturated heterocycles. The predicted molar refractivity (Wildman–Crippen MR) is 66.6 cm³/mol. The zero-order valence-electron chi connectivity index (χ0n) is 9.91. The highest BCUT2D eigenvalue weighted by Crippen LogP contribution is 2.15. The summed E-state index contributed by atoms with van der Waals surface area (Å²) in [6.07, 6.45) is -0.178. The molecule has 0 aliphatic carbocycles. The van der Waals surface area contributed by atoms with Crippen LogP contribution in [0.2, 0.25) is 0 Å². The van der Waals surface area contributed by atoms with E-state index in [1.165, 1.54) is 24.3 Å². The summed E-state index contributed by atoms with van der Waals surface area (Å²) in [5.74, 6) is -1.56. The Balaban J connectivity index is 2.56. The summed E-state index contributed by atoms with van der Waals surface area (Å²) in [5.41, 5.74) is 5.78. The van der Waals surface area contributed by atoms with Crippen LogP contribution in [0.1, 0.15) is 12.8 Å². The number of non-ortho nitro benzene ring substituents is 1. The summed E-state index contributed by atoms with van der Waals surface area (Å²) < 4.78 is 0. The Morgan fingerprint density at radius 3 is 2.42 bits per heavy atom. The third-order valence-corrected chi connectivity index (χ3v) is 2.35. The normalized spacial score (nSPS) is 11.6. The standard InChI is InChI=1S/C11H13N3O5/c12-9(5-6-10(15)16)11(17)13-7-1-3-8(4-2-7)14(18)19/h1-4,9H,5-6,12H2,(H,13,17)(H,15,16). The van der Waals surface area contributed by atoms with E-state index in [9.17, 15) is 19.7 Å². The van der Waals surface area contributed by atoms with Gasteiger partial charge in [-0.05, 0) is 18.6 Å². The Labute approximate surface area is 108 Å². The van der Waals surface area contributed by atoms with Crippen molar-refractivity contribution >= 4 is 23.3 Å². The lowest BCUT2D eigenvalue weighted by Crippen LogP contribution is -2.36. The van der Waals surface area contributed by atoms with Crippen molar-refractivity contribution in [3.63, 3.8) is 0 Å². The van der Waals surface area contributed by atoms with Crippen LogP contribution in [0, 0.1) is 10.1 Å². The van der Waals surface area contributed by atoms with E-state index in [1.54, 1.807) is 0 Å². The molecule has 102 valence electrons. The van der Waals surface area contributed by atoms with Crippen LogP contribution in [0.5, 0.6) is 0 Å². The van der Waals surface area contributed by atoms with Crippen LogP contribution in [-0.4, -0.2) is 27.9 Å². The van der Waals surface area contributed by atoms with Crippen LogP contribution in [0.4, 0.5) is 11.4 Å². The average Bonchev–Trinajstić information content (AvgIpc) is 2.36. The third kappa shape index (κ3) is 4.72. The predicted octanol–water partition coefficient (Wildman–Crippen LogP) is 0.725. The zero-order valence-corrected chi connectivity index (χ0v) is 9.91. The number of nitrogens with zero attached hydrogens (tertiary/aromatic N) is 1. The number of nitrogens with two attached hydrogens (primary N) is 1. The van der Waals surface area contributed by atoms with Crippen LogP contribution in [0.3, 0.4) is 0 Å². The zero-order chi connectivity index (χ0) is 14.4. The van der Waals surface area contributed by atoms with Crippen molar-refractivity contribution in [1.29, 1.82) is 0 Å². The first kappa shape index (κ1) is 14.6. The summed E-state index contributed by atoms with van der Waals surface area (Å²) in [4.78, 5) is 31.8. The molecule has 1 aromatic rings. The van der Waals surface area contributed by atoms with Crippen LogP contribution >= 0.6 is 0 Å². The highest BCUT2D eigenvalue weighted by atomic mass is 16.6. The molecule has 0 aromatic heterocycles. The number of aliphatic carboxylic acids is 1. The fourth-order valence-electron chi connectivity index (χ4n) is 1.31. The molecular weight excluding hydrogens is 254 g/mol. The first-order valence-corrected chi connectivity index (χ1v) is 5.43. The molecule has 8 nitrogen and oxygen atoms in total. The number of carbonyl (C=O) groups is 2. The number of nitrogens with one attached hydrogen (secondary N) is 1. The van der Waals surface area contributed by atoms with Crippen molar-refractivity contribution in [1.82, 2.24) is 0 Å². The number of carboxylic acids is 1. The average molecular weight is 267 g/mol. The lowest BCUT2D eigenvalue weighted by atomic mass is 10.1. The maximum Gasteiger partial charge on any atom is 0.303 e. The van der Waals surface area contributed by atoms with Crippen molar-refractivity contribution in [3.8, 4) is 0 Å². The summed E-state index contributed by atoms with van der Waals surface area (Å²) in [7, 11) is 0. The number of anilines is 1. The van der Waals surface area contributed by atoms with Crippen LogP contribution in [0.15, 0.2) is 24.3 Å². The SMILES string of the molecule is NC(CCC(=O)O)C(=O)Nc1ccc([N+](=O)[O-])cc1. The Morgan fingerprint density at radius 2 is 1.95 bits per heavy atom. The number of carboxylic acid groups (broad SMARTS) is 1. The van der Waals surface area contributed by atoms with Crippen molar-refractivity contribution in [3.05, 3.63) is 34.4 Å². The maximum atomic E-state index is 11.6. The Kier molecular flexibility index (Phi) is 4.95. The fourth-order valence-corrected chi connectivity index (χ4v) is 1.31. The van der Waals surface area contributed by atoms with Gasteiger partial charge in [0.25, 0.3) is 5.69 Å². The van der Waals surface area contributed by atoms with Gasteiger partial charge >= 0.3 is 5.97 Å². The summed E-state index contributed by atoms with van der Waals surface area (Å²) in [5, 5.41) is 21.4. The Hall–Kier alpha value is -2.48. The molecule has 8 heteroatoms. The fraction of sp³-hybridized carbons (Fsp3) is 0.273. The van der Waals surface area contributed by atoms with E-state index < -0.39 is 22.8 Å². The minimum Gasteiger partial charge on any atom is -0.481 e.